The lowest BCUT2D eigenvalue weighted by molar-refractivity contribution is -0.154. The molecular formula is C72H106N10O15S. The molecule has 25 nitrogen and oxygen atoms in total. The molecule has 11 atom stereocenters. The first-order chi connectivity index (χ1) is 45.7. The maximum Gasteiger partial charge on any atom is 0.332 e. The van der Waals surface area contributed by atoms with Crippen LogP contribution in [0.5, 0.6) is 5.75 Å². The highest BCUT2D eigenvalue weighted by Gasteiger charge is 2.71. The van der Waals surface area contributed by atoms with E-state index in [-0.39, 0.29) is 66.6 Å². The lowest BCUT2D eigenvalue weighted by Crippen LogP contribution is -2.64. The summed E-state index contributed by atoms with van der Waals surface area (Å²) in [6.45, 7) is 30.6. The maximum absolute atomic E-state index is 14.4. The first kappa shape index (κ1) is 77.5. The number of ether oxygens (including phenoxy) is 3. The molecule has 2 aromatic rings. The molecule has 2 saturated heterocycles. The van der Waals surface area contributed by atoms with E-state index in [0.29, 0.717) is 44.5 Å². The molecule has 1 aromatic carbocycles. The normalized spacial score (nSPS) is 23.1. The molecule has 540 valence electrons. The van der Waals surface area contributed by atoms with E-state index in [9.17, 15) is 57.5 Å². The predicted molar refractivity (Wildman–Crippen MR) is 367 cm³/mol. The van der Waals surface area contributed by atoms with Gasteiger partial charge in [0.1, 0.15) is 54.7 Å². The van der Waals surface area contributed by atoms with Crippen molar-refractivity contribution in [2.45, 2.75) is 222 Å². The zero-order chi connectivity index (χ0) is 72.8. The summed E-state index contributed by atoms with van der Waals surface area (Å²) in [6, 6.07) is 0.481. The number of nitrogens with zero attached hydrogens (tertiary/aromatic N) is 2. The van der Waals surface area contributed by atoms with Crippen LogP contribution in [0.4, 0.5) is 9.59 Å². The molecule has 1 aromatic heterocycles. The largest absolute Gasteiger partial charge is 0.497 e. The minimum Gasteiger partial charge on any atom is -0.497 e. The van der Waals surface area contributed by atoms with Crippen molar-refractivity contribution >= 4 is 82.3 Å². The van der Waals surface area contributed by atoms with Gasteiger partial charge in [-0.2, -0.15) is 11.3 Å². The van der Waals surface area contributed by atoms with Crippen LogP contribution in [-0.4, -0.2) is 155 Å². The fourth-order valence-electron chi connectivity index (χ4n) is 14.3. The minimum atomic E-state index is -1.21. The second-order valence-corrected chi connectivity index (χ2v) is 32.7. The second-order valence-electron chi connectivity index (χ2n) is 31.9. The van der Waals surface area contributed by atoms with Gasteiger partial charge in [-0.25, -0.2) is 19.2 Å². The predicted octanol–water partition coefficient (Wildman–Crippen LogP) is 6.54. The third-order valence-electron chi connectivity index (χ3n) is 20.6. The van der Waals surface area contributed by atoms with Gasteiger partial charge in [0.25, 0.3) is 11.8 Å². The first-order valence-corrected chi connectivity index (χ1v) is 35.3. The number of fused-ring (bicyclic) bond motifs is 2. The van der Waals surface area contributed by atoms with Crippen LogP contribution in [0.1, 0.15) is 172 Å². The Labute approximate surface area is 580 Å². The Morgan fingerprint density at radius 2 is 1.15 bits per heavy atom. The van der Waals surface area contributed by atoms with Crippen LogP contribution in [-0.2, 0) is 70.6 Å². The van der Waals surface area contributed by atoms with Crippen molar-refractivity contribution in [2.24, 2.45) is 62.4 Å². The molecule has 2 unspecified atom stereocenters. The molecule has 6 aliphatic rings. The molecule has 8 rings (SSSR count). The molecule has 0 spiro atoms. The van der Waals surface area contributed by atoms with Crippen molar-refractivity contribution < 1.29 is 71.7 Å². The van der Waals surface area contributed by atoms with Crippen molar-refractivity contribution in [3.63, 3.8) is 0 Å². The van der Waals surface area contributed by atoms with Gasteiger partial charge in [-0.3, -0.25) is 38.4 Å². The van der Waals surface area contributed by atoms with Gasteiger partial charge in [0, 0.05) is 25.2 Å². The maximum atomic E-state index is 14.4. The number of benzene rings is 1. The summed E-state index contributed by atoms with van der Waals surface area (Å²) >= 11 is 1.51. The van der Waals surface area contributed by atoms with Crippen LogP contribution in [0.2, 0.25) is 0 Å². The van der Waals surface area contributed by atoms with Crippen molar-refractivity contribution in [2.75, 3.05) is 26.7 Å². The Kier molecular flexibility index (Phi) is 24.6. The van der Waals surface area contributed by atoms with Gasteiger partial charge in [-0.15, -0.1) is 6.58 Å². The molecule has 0 radical (unpaired) electrons. The van der Waals surface area contributed by atoms with E-state index in [1.54, 1.807) is 72.9 Å². The summed E-state index contributed by atoms with van der Waals surface area (Å²) in [7, 11) is 1.56. The van der Waals surface area contributed by atoms with Crippen LogP contribution >= 0.6 is 11.3 Å². The quantitative estimate of drug-likeness (QED) is 0.0268. The molecule has 98 heavy (non-hydrogen) atoms. The fourth-order valence-corrected chi connectivity index (χ4v) is 15.0. The topological polar surface area (TPSA) is 349 Å². The summed E-state index contributed by atoms with van der Waals surface area (Å²) in [5.41, 5.74) is 2.99. The monoisotopic (exact) mass is 1380 g/mol. The molecule has 3 heterocycles. The zero-order valence-corrected chi connectivity index (χ0v) is 60.7. The van der Waals surface area contributed by atoms with E-state index >= 15 is 0 Å². The highest BCUT2D eigenvalue weighted by molar-refractivity contribution is 7.07. The smallest absolute Gasteiger partial charge is 0.332 e. The molecule has 2 aliphatic heterocycles. The van der Waals surface area contributed by atoms with Crippen molar-refractivity contribution in [1.29, 1.82) is 0 Å². The number of nitrogens with two attached hydrogens (primary N) is 1. The van der Waals surface area contributed by atoms with E-state index in [1.165, 1.54) is 27.2 Å². The number of amides is 10. The number of nitrogens with one attached hydrogen (secondary N) is 7. The number of hydrogen-bond donors (Lipinski definition) is 8. The summed E-state index contributed by atoms with van der Waals surface area (Å²) in [5.74, 6) is -5.88. The van der Waals surface area contributed by atoms with Gasteiger partial charge in [0.2, 0.25) is 35.2 Å². The van der Waals surface area contributed by atoms with E-state index < -0.39 is 135 Å². The summed E-state index contributed by atoms with van der Waals surface area (Å²) in [4.78, 5) is 163. The number of thiophene rings is 1. The minimum absolute atomic E-state index is 0.0108. The van der Waals surface area contributed by atoms with Crippen molar-refractivity contribution in [1.82, 2.24) is 47.0 Å². The number of ketones is 2. The van der Waals surface area contributed by atoms with E-state index in [2.05, 4.69) is 57.6 Å². The molecule has 0 bridgehead atoms. The highest BCUT2D eigenvalue weighted by Crippen LogP contribution is 2.66. The van der Waals surface area contributed by atoms with Crippen LogP contribution in [0.25, 0.3) is 0 Å². The number of methoxy groups -OCH3 is 1. The van der Waals surface area contributed by atoms with Crippen LogP contribution in [0, 0.1) is 56.7 Å². The average molecular weight is 1380 g/mol. The number of hydrogen-bond acceptors (Lipinski definition) is 16. The van der Waals surface area contributed by atoms with Crippen molar-refractivity contribution in [3.8, 4) is 5.75 Å². The number of carbonyl (C=O) groups excluding carboxylic acids is 12. The lowest BCUT2D eigenvalue weighted by Gasteiger charge is -2.39. The van der Waals surface area contributed by atoms with Gasteiger partial charge in [0.05, 0.1) is 19.2 Å². The third kappa shape index (κ3) is 18.5. The number of urea groups is 2. The van der Waals surface area contributed by atoms with Crippen LogP contribution in [0.3, 0.4) is 0 Å². The van der Waals surface area contributed by atoms with Gasteiger partial charge in [-0.05, 0) is 117 Å². The molecular weight excluding hydrogens is 1280 g/mol. The number of Topliss-reactive ketones (excluding diaryl/α,β-unsaturated/α-hetero) is 2. The summed E-state index contributed by atoms with van der Waals surface area (Å²) < 4.78 is 16.4. The molecule has 4 saturated carbocycles. The first-order valence-electron chi connectivity index (χ1n) is 34.4. The summed E-state index contributed by atoms with van der Waals surface area (Å²) in [5, 5.41) is 23.1. The number of rotatable bonds is 27. The Bertz CT molecular complexity index is 3300. The molecule has 9 N–H and O–H groups in total. The number of esters is 2. The fraction of sp³-hybridized carbons (Fsp3) is 0.667. The number of carbonyl (C=O) groups is 12. The Balaban J connectivity index is 0.000000277. The highest BCUT2D eigenvalue weighted by atomic mass is 32.1. The summed E-state index contributed by atoms with van der Waals surface area (Å²) in [6.07, 6.45) is 7.68. The Morgan fingerprint density at radius 3 is 1.61 bits per heavy atom. The van der Waals surface area contributed by atoms with Gasteiger partial charge in [0.15, 0.2) is 0 Å². The molecule has 4 aliphatic carbocycles. The van der Waals surface area contributed by atoms with E-state index in [4.69, 9.17) is 19.9 Å². The standard InChI is InChI=1S/C38H57N5O8.C34H49N5O7S/c1-12-14-25(28(44)32(46)39-19-13-2)40-31(45)27-26-24(38(26,9)10)20-43(27)33(47)29(36(3,4)5)41-35(49)42-30(37(6,7)8)34(48)51-21-22-15-17-23(50-11)18-16-22;1-32(2,3)26(37-31(45)38-34(12-7-6-8-13-34)30(44)46-17-20-11-14-47-18-20)29(43)39-16-21-23(33(21,4)5)24(39)28(42)36-22(15-19-9-10-19)25(40)27(35)41/h13,15-18,24-27,29-30H,2,12,14,19-21H2,1,3-11H3,(H,39,46)(H,40,45)(H2,41,42,49);11,14,18-19,21-24,26H,6-10,12-13,15-17H2,1-5H3,(H2,35,41)(H,36,42)(H2,37,38,45)/t24-,25?,26-,27-,29+,30+;21-,22?,23-,24-,26+/m00/s1. The number of primary amides is 1. The number of piperidine rings is 2. The van der Waals surface area contributed by atoms with Crippen LogP contribution < -0.4 is 47.7 Å². The average Bonchev–Trinajstić information content (AvgIpc) is 1.53. The molecule has 10 amide bonds. The Hall–Kier alpha value is -7.90. The van der Waals surface area contributed by atoms with Crippen LogP contribution in [0.15, 0.2) is 53.7 Å². The van der Waals surface area contributed by atoms with Crippen molar-refractivity contribution in [3.05, 3.63) is 64.9 Å². The lowest BCUT2D eigenvalue weighted by atomic mass is 9.81. The Morgan fingerprint density at radius 1 is 0.653 bits per heavy atom. The zero-order valence-electron chi connectivity index (χ0n) is 59.9. The van der Waals surface area contributed by atoms with Gasteiger partial charge < -0.3 is 67.0 Å². The molecule has 6 fully saturated rings. The number of likely N-dealkylation sites (tertiary alicyclic amines) is 2. The second kappa shape index (κ2) is 31.1. The third-order valence-corrected chi connectivity index (χ3v) is 21.3. The van der Waals surface area contributed by atoms with Gasteiger partial charge in [-0.1, -0.05) is 154 Å². The van der Waals surface area contributed by atoms with Gasteiger partial charge >= 0.3 is 24.0 Å². The van der Waals surface area contributed by atoms with E-state index in [0.717, 1.165) is 43.2 Å². The van der Waals surface area contributed by atoms with E-state index in [1.807, 2.05) is 58.4 Å². The SMILES string of the molecule is C=CCNC(=O)C(=O)C(CCC)NC(=O)[C@@H]1[C@@H]2[C@H](CN1C(=O)[C@@H](NC(=O)N[C@H](C(=O)OCc1ccc(OC)cc1)C(C)(C)C)C(C)(C)C)C2(C)C.CC(C)(C)[C@H](NC(=O)NC1(C(=O)OCc2ccsc2)CCCCC1)C(=O)N1C[C@H]2[C@@H]([C@H]1C(=O)NC(CC1CC1)C(=O)C(N)=O)C2(C)C. The molecule has 26 heteroatoms.